The summed E-state index contributed by atoms with van der Waals surface area (Å²) in [6.45, 7) is 2.50. The molecule has 2 rings (SSSR count). The molecule has 2 atom stereocenters. The van der Waals surface area contributed by atoms with Crippen LogP contribution in [0.4, 0.5) is 0 Å². The van der Waals surface area contributed by atoms with Gasteiger partial charge in [0.15, 0.2) is 5.82 Å². The topological polar surface area (TPSA) is 73.8 Å². The molecule has 5 nitrogen and oxygen atoms in total. The molecule has 0 spiro atoms. The molecule has 1 aromatic rings. The van der Waals surface area contributed by atoms with E-state index in [1.807, 2.05) is 6.92 Å². The molecule has 0 aromatic carbocycles. The molecule has 1 aromatic heterocycles. The lowest BCUT2D eigenvalue weighted by Gasteiger charge is -2.02. The smallest absolute Gasteiger partial charge is 0.167 e. The maximum absolute atomic E-state index is 9.24. The Morgan fingerprint density at radius 2 is 2.42 bits per heavy atom. The van der Waals surface area contributed by atoms with E-state index >= 15 is 0 Å². The largest absolute Gasteiger partial charge is 0.392 e. The SMILES string of the molecule is Cc1nc([C@@H]2C[C@H](O)CN2)n[nH]1. The van der Waals surface area contributed by atoms with Gasteiger partial charge in [0.1, 0.15) is 5.82 Å². The molecular weight excluding hydrogens is 156 g/mol. The molecule has 66 valence electrons. The summed E-state index contributed by atoms with van der Waals surface area (Å²) in [5.74, 6) is 1.57. The molecule has 12 heavy (non-hydrogen) atoms. The number of rotatable bonds is 1. The first-order valence-electron chi connectivity index (χ1n) is 4.06. The zero-order valence-electron chi connectivity index (χ0n) is 6.91. The predicted molar refractivity (Wildman–Crippen MR) is 42.5 cm³/mol. The summed E-state index contributed by atoms with van der Waals surface area (Å²) in [6, 6.07) is 0.116. The Morgan fingerprint density at radius 1 is 1.58 bits per heavy atom. The van der Waals surface area contributed by atoms with E-state index in [1.165, 1.54) is 0 Å². The van der Waals surface area contributed by atoms with E-state index in [0.717, 1.165) is 11.6 Å². The maximum Gasteiger partial charge on any atom is 0.167 e. The highest BCUT2D eigenvalue weighted by molar-refractivity contribution is 4.99. The highest BCUT2D eigenvalue weighted by Crippen LogP contribution is 2.19. The summed E-state index contributed by atoms with van der Waals surface area (Å²) in [5, 5.41) is 19.2. The molecular formula is C7H12N4O. The number of β-amino-alcohol motifs (C(OH)–C–C–N with tert-alkyl or cyclic N) is 1. The van der Waals surface area contributed by atoms with E-state index in [1.54, 1.807) is 0 Å². The lowest BCUT2D eigenvalue weighted by Crippen LogP contribution is -2.15. The van der Waals surface area contributed by atoms with E-state index in [0.29, 0.717) is 13.0 Å². The molecule has 0 amide bonds. The summed E-state index contributed by atoms with van der Waals surface area (Å²) in [4.78, 5) is 4.19. The Morgan fingerprint density at radius 3 is 2.92 bits per heavy atom. The monoisotopic (exact) mass is 168 g/mol. The first-order valence-corrected chi connectivity index (χ1v) is 4.06. The second kappa shape index (κ2) is 2.84. The van der Waals surface area contributed by atoms with Gasteiger partial charge in [-0.25, -0.2) is 4.98 Å². The van der Waals surface area contributed by atoms with Crippen LogP contribution in [0.3, 0.4) is 0 Å². The summed E-state index contributed by atoms with van der Waals surface area (Å²) in [5.41, 5.74) is 0. The molecule has 1 aliphatic rings. The molecule has 2 heterocycles. The third-order valence-corrected chi connectivity index (χ3v) is 2.03. The zero-order chi connectivity index (χ0) is 8.55. The predicted octanol–water partition coefficient (Wildman–Crippen LogP) is -0.492. The average Bonchev–Trinajstić information content (AvgIpc) is 2.58. The van der Waals surface area contributed by atoms with Crippen molar-refractivity contribution in [2.75, 3.05) is 6.54 Å². The van der Waals surface area contributed by atoms with E-state index in [-0.39, 0.29) is 12.1 Å². The van der Waals surface area contributed by atoms with Crippen molar-refractivity contribution in [1.29, 1.82) is 0 Å². The number of hydrogen-bond acceptors (Lipinski definition) is 4. The van der Waals surface area contributed by atoms with Gasteiger partial charge in [0, 0.05) is 6.54 Å². The van der Waals surface area contributed by atoms with Gasteiger partial charge in [-0.05, 0) is 13.3 Å². The van der Waals surface area contributed by atoms with Crippen LogP contribution in [-0.2, 0) is 0 Å². The van der Waals surface area contributed by atoms with Gasteiger partial charge in [0.25, 0.3) is 0 Å². The van der Waals surface area contributed by atoms with Crippen LogP contribution >= 0.6 is 0 Å². The first kappa shape index (κ1) is 7.70. The molecule has 1 fully saturated rings. The quantitative estimate of drug-likeness (QED) is 0.529. The normalized spacial score (nSPS) is 29.5. The van der Waals surface area contributed by atoms with Crippen molar-refractivity contribution in [2.24, 2.45) is 0 Å². The molecule has 0 unspecified atom stereocenters. The maximum atomic E-state index is 9.24. The van der Waals surface area contributed by atoms with Crippen LogP contribution in [-0.4, -0.2) is 32.9 Å². The van der Waals surface area contributed by atoms with Crippen molar-refractivity contribution in [3.63, 3.8) is 0 Å². The van der Waals surface area contributed by atoms with Gasteiger partial charge in [-0.1, -0.05) is 0 Å². The number of aryl methyl sites for hydroxylation is 1. The minimum Gasteiger partial charge on any atom is -0.392 e. The molecule has 0 saturated carbocycles. The van der Waals surface area contributed by atoms with E-state index in [9.17, 15) is 5.11 Å². The fourth-order valence-corrected chi connectivity index (χ4v) is 1.43. The fourth-order valence-electron chi connectivity index (χ4n) is 1.43. The zero-order valence-corrected chi connectivity index (χ0v) is 6.91. The van der Waals surface area contributed by atoms with Crippen LogP contribution in [0.15, 0.2) is 0 Å². The lowest BCUT2D eigenvalue weighted by atomic mass is 10.2. The Labute approximate surface area is 70.2 Å². The lowest BCUT2D eigenvalue weighted by molar-refractivity contribution is 0.193. The van der Waals surface area contributed by atoms with Crippen molar-refractivity contribution < 1.29 is 5.11 Å². The summed E-state index contributed by atoms with van der Waals surface area (Å²) in [7, 11) is 0. The number of nitrogens with one attached hydrogen (secondary N) is 2. The van der Waals surface area contributed by atoms with Gasteiger partial charge in [-0.2, -0.15) is 5.10 Å². The summed E-state index contributed by atoms with van der Waals surface area (Å²) < 4.78 is 0. The number of nitrogens with zero attached hydrogens (tertiary/aromatic N) is 2. The number of aromatic amines is 1. The molecule has 1 saturated heterocycles. The molecule has 5 heteroatoms. The second-order valence-corrected chi connectivity index (χ2v) is 3.13. The van der Waals surface area contributed by atoms with Gasteiger partial charge in [0.2, 0.25) is 0 Å². The minimum atomic E-state index is -0.256. The summed E-state index contributed by atoms with van der Waals surface area (Å²) in [6.07, 6.45) is 0.450. The molecule has 3 N–H and O–H groups in total. The number of aromatic nitrogens is 3. The van der Waals surface area contributed by atoms with Crippen molar-refractivity contribution in [3.8, 4) is 0 Å². The van der Waals surface area contributed by atoms with Crippen LogP contribution in [0.5, 0.6) is 0 Å². The summed E-state index contributed by atoms with van der Waals surface area (Å²) >= 11 is 0. The van der Waals surface area contributed by atoms with E-state index in [2.05, 4.69) is 20.5 Å². The number of hydrogen-bond donors (Lipinski definition) is 3. The van der Waals surface area contributed by atoms with Gasteiger partial charge >= 0.3 is 0 Å². The Hall–Kier alpha value is -0.940. The van der Waals surface area contributed by atoms with Crippen LogP contribution < -0.4 is 5.32 Å². The third-order valence-electron chi connectivity index (χ3n) is 2.03. The van der Waals surface area contributed by atoms with Crippen molar-refractivity contribution in [1.82, 2.24) is 20.5 Å². The van der Waals surface area contributed by atoms with Crippen molar-refractivity contribution >= 4 is 0 Å². The number of aliphatic hydroxyl groups is 1. The van der Waals surface area contributed by atoms with E-state index < -0.39 is 0 Å². The minimum absolute atomic E-state index is 0.116. The van der Waals surface area contributed by atoms with Crippen molar-refractivity contribution in [2.45, 2.75) is 25.5 Å². The number of H-pyrrole nitrogens is 1. The average molecular weight is 168 g/mol. The second-order valence-electron chi connectivity index (χ2n) is 3.13. The molecule has 0 radical (unpaired) electrons. The fraction of sp³-hybridized carbons (Fsp3) is 0.714. The van der Waals surface area contributed by atoms with Gasteiger partial charge < -0.3 is 10.4 Å². The molecule has 0 bridgehead atoms. The van der Waals surface area contributed by atoms with Gasteiger partial charge in [-0.15, -0.1) is 0 Å². The first-order chi connectivity index (χ1) is 5.75. The number of aliphatic hydroxyl groups excluding tert-OH is 1. The van der Waals surface area contributed by atoms with Gasteiger partial charge in [-0.3, -0.25) is 5.10 Å². The van der Waals surface area contributed by atoms with Crippen LogP contribution in [0.1, 0.15) is 24.1 Å². The van der Waals surface area contributed by atoms with Gasteiger partial charge in [0.05, 0.1) is 12.1 Å². The highest BCUT2D eigenvalue weighted by atomic mass is 16.3. The van der Waals surface area contributed by atoms with Crippen molar-refractivity contribution in [3.05, 3.63) is 11.6 Å². The third kappa shape index (κ3) is 1.33. The van der Waals surface area contributed by atoms with Crippen LogP contribution in [0.25, 0.3) is 0 Å². The standard InChI is InChI=1S/C7H12N4O/c1-4-9-7(11-10-4)6-2-5(12)3-8-6/h5-6,8,12H,2-3H2,1H3,(H,9,10,11)/t5-,6-/m0/s1. The Bertz CT molecular complexity index is 272. The Kier molecular flexibility index (Phi) is 1.82. The molecule has 0 aliphatic carbocycles. The highest BCUT2D eigenvalue weighted by Gasteiger charge is 2.26. The van der Waals surface area contributed by atoms with Crippen LogP contribution in [0.2, 0.25) is 0 Å². The molecule has 1 aliphatic heterocycles. The Balaban J connectivity index is 2.11. The van der Waals surface area contributed by atoms with Crippen LogP contribution in [0, 0.1) is 6.92 Å². The van der Waals surface area contributed by atoms with E-state index in [4.69, 9.17) is 0 Å².